The highest BCUT2D eigenvalue weighted by Gasteiger charge is 2.19. The predicted octanol–water partition coefficient (Wildman–Crippen LogP) is 2.69. The van der Waals surface area contributed by atoms with Gasteiger partial charge in [0, 0.05) is 6.04 Å². The zero-order valence-corrected chi connectivity index (χ0v) is 10.3. The summed E-state index contributed by atoms with van der Waals surface area (Å²) >= 11 is 0. The normalized spacial score (nSPS) is 15.1. The van der Waals surface area contributed by atoms with Gasteiger partial charge in [0.05, 0.1) is 6.61 Å². The summed E-state index contributed by atoms with van der Waals surface area (Å²) in [6.45, 7) is 5.97. The Kier molecular flexibility index (Phi) is 3.83. The molecule has 0 amide bonds. The van der Waals surface area contributed by atoms with Gasteiger partial charge in [-0.3, -0.25) is 0 Å². The third-order valence-corrected chi connectivity index (χ3v) is 2.96. The number of ether oxygens (including phenoxy) is 1. The van der Waals surface area contributed by atoms with Gasteiger partial charge in [0.15, 0.2) is 0 Å². The third-order valence-electron chi connectivity index (χ3n) is 2.96. The van der Waals surface area contributed by atoms with Crippen molar-refractivity contribution in [3.05, 3.63) is 29.3 Å². The van der Waals surface area contributed by atoms with Crippen molar-refractivity contribution in [2.45, 2.75) is 39.2 Å². The lowest BCUT2D eigenvalue weighted by molar-refractivity contribution is 0.338. The zero-order valence-electron chi connectivity index (χ0n) is 10.3. The Morgan fingerprint density at radius 2 is 2.19 bits per heavy atom. The molecule has 1 aliphatic carbocycles. The maximum Gasteiger partial charge on any atom is 0.122 e. The van der Waals surface area contributed by atoms with Crippen molar-refractivity contribution in [2.75, 3.05) is 13.2 Å². The van der Waals surface area contributed by atoms with E-state index in [1.54, 1.807) is 0 Å². The van der Waals surface area contributed by atoms with Crippen molar-refractivity contribution in [3.8, 4) is 5.75 Å². The third kappa shape index (κ3) is 3.24. The Labute approximate surface area is 98.0 Å². The van der Waals surface area contributed by atoms with E-state index in [9.17, 15) is 0 Å². The number of benzene rings is 1. The number of aryl methyl sites for hydroxylation is 1. The van der Waals surface area contributed by atoms with Crippen LogP contribution in [-0.4, -0.2) is 19.2 Å². The molecule has 2 nitrogen and oxygen atoms in total. The van der Waals surface area contributed by atoms with E-state index in [0.717, 1.165) is 31.4 Å². The van der Waals surface area contributed by atoms with Gasteiger partial charge in [-0.15, -0.1) is 0 Å². The average Bonchev–Trinajstić information content (AvgIpc) is 3.06. The van der Waals surface area contributed by atoms with Gasteiger partial charge >= 0.3 is 0 Å². The minimum absolute atomic E-state index is 0.740. The molecule has 0 heterocycles. The van der Waals surface area contributed by atoms with Crippen molar-refractivity contribution in [1.29, 1.82) is 0 Å². The van der Waals surface area contributed by atoms with Crippen molar-refractivity contribution >= 4 is 0 Å². The van der Waals surface area contributed by atoms with Crippen molar-refractivity contribution < 1.29 is 4.74 Å². The van der Waals surface area contributed by atoms with Gasteiger partial charge in [-0.2, -0.15) is 0 Å². The van der Waals surface area contributed by atoms with E-state index in [4.69, 9.17) is 4.74 Å². The molecule has 16 heavy (non-hydrogen) atoms. The Bertz CT molecular complexity index is 345. The van der Waals surface area contributed by atoms with Crippen LogP contribution in [0.5, 0.6) is 5.75 Å². The molecule has 1 aliphatic rings. The molecule has 0 bridgehead atoms. The summed E-state index contributed by atoms with van der Waals surface area (Å²) in [6.07, 6.45) is 3.84. The van der Waals surface area contributed by atoms with Gasteiger partial charge in [-0.25, -0.2) is 0 Å². The van der Waals surface area contributed by atoms with E-state index < -0.39 is 0 Å². The van der Waals surface area contributed by atoms with Crippen LogP contribution in [0, 0.1) is 6.92 Å². The molecular weight excluding hydrogens is 198 g/mol. The molecule has 0 aromatic heterocycles. The summed E-state index contributed by atoms with van der Waals surface area (Å²) in [5.41, 5.74) is 2.64. The van der Waals surface area contributed by atoms with Crippen LogP contribution in [0.15, 0.2) is 18.2 Å². The summed E-state index contributed by atoms with van der Waals surface area (Å²) in [6, 6.07) is 7.31. The van der Waals surface area contributed by atoms with Crippen molar-refractivity contribution in [2.24, 2.45) is 0 Å². The molecule has 0 saturated heterocycles. The molecule has 0 spiro atoms. The Balaban J connectivity index is 1.86. The molecule has 2 rings (SSSR count). The van der Waals surface area contributed by atoms with E-state index in [-0.39, 0.29) is 0 Å². The smallest absolute Gasteiger partial charge is 0.122 e. The highest BCUT2D eigenvalue weighted by molar-refractivity contribution is 5.36. The maximum absolute atomic E-state index is 5.53. The van der Waals surface area contributed by atoms with E-state index in [1.165, 1.54) is 24.0 Å². The number of rotatable bonds is 6. The standard InChI is InChI=1S/C14H21NO/c1-3-16-14-7-4-12(10-11(14)2)8-9-15-13-5-6-13/h4,7,10,13,15H,3,5-6,8-9H2,1-2H3. The molecule has 88 valence electrons. The maximum atomic E-state index is 5.53. The summed E-state index contributed by atoms with van der Waals surface area (Å²) in [5, 5.41) is 3.53. The quantitative estimate of drug-likeness (QED) is 0.794. The average molecular weight is 219 g/mol. The minimum Gasteiger partial charge on any atom is -0.494 e. The Morgan fingerprint density at radius 3 is 2.81 bits per heavy atom. The fourth-order valence-electron chi connectivity index (χ4n) is 1.89. The van der Waals surface area contributed by atoms with Gasteiger partial charge in [-0.1, -0.05) is 12.1 Å². The first-order valence-electron chi connectivity index (χ1n) is 6.25. The molecule has 1 aromatic rings. The zero-order chi connectivity index (χ0) is 11.4. The fraction of sp³-hybridized carbons (Fsp3) is 0.571. The van der Waals surface area contributed by atoms with Gasteiger partial charge in [0.2, 0.25) is 0 Å². The molecule has 0 aliphatic heterocycles. The van der Waals surface area contributed by atoms with E-state index >= 15 is 0 Å². The summed E-state index contributed by atoms with van der Waals surface area (Å²) < 4.78 is 5.53. The van der Waals surface area contributed by atoms with Crippen LogP contribution in [0.3, 0.4) is 0 Å². The van der Waals surface area contributed by atoms with Crippen molar-refractivity contribution in [3.63, 3.8) is 0 Å². The second-order valence-electron chi connectivity index (χ2n) is 4.51. The van der Waals surface area contributed by atoms with Crippen molar-refractivity contribution in [1.82, 2.24) is 5.32 Å². The fourth-order valence-corrected chi connectivity index (χ4v) is 1.89. The molecule has 1 saturated carbocycles. The van der Waals surface area contributed by atoms with Gasteiger partial charge < -0.3 is 10.1 Å². The summed E-state index contributed by atoms with van der Waals surface area (Å²) in [5.74, 6) is 1.02. The lowest BCUT2D eigenvalue weighted by Gasteiger charge is -2.09. The van der Waals surface area contributed by atoms with Gasteiger partial charge in [-0.05, 0) is 56.8 Å². The first kappa shape index (κ1) is 11.5. The van der Waals surface area contributed by atoms with Gasteiger partial charge in [0.1, 0.15) is 5.75 Å². The SMILES string of the molecule is CCOc1ccc(CCNC2CC2)cc1C. The molecule has 0 atom stereocenters. The molecule has 1 fully saturated rings. The van der Waals surface area contributed by atoms with Gasteiger partial charge in [0.25, 0.3) is 0 Å². The topological polar surface area (TPSA) is 21.3 Å². The molecule has 1 N–H and O–H groups in total. The van der Waals surface area contributed by atoms with E-state index in [1.807, 2.05) is 6.92 Å². The summed E-state index contributed by atoms with van der Waals surface area (Å²) in [7, 11) is 0. The molecule has 0 unspecified atom stereocenters. The highest BCUT2D eigenvalue weighted by Crippen LogP contribution is 2.20. The van der Waals surface area contributed by atoms with E-state index in [2.05, 4.69) is 30.4 Å². The second kappa shape index (κ2) is 5.35. The lowest BCUT2D eigenvalue weighted by Crippen LogP contribution is -2.19. The lowest BCUT2D eigenvalue weighted by atomic mass is 10.1. The first-order chi connectivity index (χ1) is 7.79. The molecule has 1 aromatic carbocycles. The number of hydrogen-bond donors (Lipinski definition) is 1. The van der Waals surface area contributed by atoms with E-state index in [0.29, 0.717) is 0 Å². The van der Waals surface area contributed by atoms with Crippen LogP contribution in [0.2, 0.25) is 0 Å². The predicted molar refractivity (Wildman–Crippen MR) is 67.1 cm³/mol. The van der Waals surface area contributed by atoms with Crippen LogP contribution in [0.25, 0.3) is 0 Å². The van der Waals surface area contributed by atoms with Crippen LogP contribution in [0.1, 0.15) is 30.9 Å². The summed E-state index contributed by atoms with van der Waals surface area (Å²) in [4.78, 5) is 0. The molecular formula is C14H21NO. The molecule has 2 heteroatoms. The van der Waals surface area contributed by atoms with Crippen LogP contribution in [-0.2, 0) is 6.42 Å². The monoisotopic (exact) mass is 219 g/mol. The largest absolute Gasteiger partial charge is 0.494 e. The Morgan fingerprint density at radius 1 is 1.38 bits per heavy atom. The minimum atomic E-state index is 0.740. The highest BCUT2D eigenvalue weighted by atomic mass is 16.5. The Hall–Kier alpha value is -1.02. The molecule has 0 radical (unpaired) electrons. The van der Waals surface area contributed by atoms with Crippen LogP contribution in [0.4, 0.5) is 0 Å². The van der Waals surface area contributed by atoms with Crippen LogP contribution < -0.4 is 10.1 Å². The second-order valence-corrected chi connectivity index (χ2v) is 4.51. The first-order valence-corrected chi connectivity index (χ1v) is 6.25. The number of hydrogen-bond acceptors (Lipinski definition) is 2. The number of nitrogens with one attached hydrogen (secondary N) is 1. The van der Waals surface area contributed by atoms with Crippen LogP contribution >= 0.6 is 0 Å².